The number of amides is 1. The zero-order valence-electron chi connectivity index (χ0n) is 13.7. The minimum atomic E-state index is -0.277. The van der Waals surface area contributed by atoms with E-state index in [2.05, 4.69) is 20.4 Å². The first kappa shape index (κ1) is 17.3. The van der Waals surface area contributed by atoms with Gasteiger partial charge in [0, 0.05) is 19.2 Å². The highest BCUT2D eigenvalue weighted by Gasteiger charge is 2.25. The molecular weight excluding hydrogens is 346 g/mol. The monoisotopic (exact) mass is 363 g/mol. The molecule has 0 unspecified atom stereocenters. The van der Waals surface area contributed by atoms with Gasteiger partial charge in [-0.2, -0.15) is 5.10 Å². The Kier molecular flexibility index (Phi) is 5.28. The number of aromatic nitrogens is 4. The number of nitrogens with zero attached hydrogens (tertiary/aromatic N) is 4. The Balaban J connectivity index is 1.50. The molecular formula is C16H18ClN5O3. The SMILES string of the molecule is Cn1nc(C(=O)NC2CCC(Oc3ncc(Cl)cn3)CC2)ccc1=O. The summed E-state index contributed by atoms with van der Waals surface area (Å²) >= 11 is 5.75. The van der Waals surface area contributed by atoms with Crippen LogP contribution in [0.2, 0.25) is 5.02 Å². The molecule has 0 atom stereocenters. The van der Waals surface area contributed by atoms with Crippen molar-refractivity contribution in [2.45, 2.75) is 37.8 Å². The average molecular weight is 364 g/mol. The summed E-state index contributed by atoms with van der Waals surface area (Å²) in [5.41, 5.74) is -0.0198. The fraction of sp³-hybridized carbons (Fsp3) is 0.438. The number of ether oxygens (including phenoxy) is 1. The van der Waals surface area contributed by atoms with Gasteiger partial charge < -0.3 is 10.1 Å². The van der Waals surface area contributed by atoms with Crippen LogP contribution in [-0.4, -0.2) is 37.8 Å². The Morgan fingerprint density at radius 3 is 2.56 bits per heavy atom. The zero-order chi connectivity index (χ0) is 17.8. The number of hydrogen-bond donors (Lipinski definition) is 1. The van der Waals surface area contributed by atoms with Crippen LogP contribution in [0.4, 0.5) is 0 Å². The maximum Gasteiger partial charge on any atom is 0.316 e. The van der Waals surface area contributed by atoms with Gasteiger partial charge >= 0.3 is 6.01 Å². The fourth-order valence-corrected chi connectivity index (χ4v) is 2.82. The molecule has 0 aromatic carbocycles. The normalized spacial score (nSPS) is 20.1. The van der Waals surface area contributed by atoms with Crippen molar-refractivity contribution < 1.29 is 9.53 Å². The van der Waals surface area contributed by atoms with Gasteiger partial charge in [-0.3, -0.25) is 9.59 Å². The van der Waals surface area contributed by atoms with E-state index >= 15 is 0 Å². The first-order chi connectivity index (χ1) is 12.0. The quantitative estimate of drug-likeness (QED) is 0.880. The molecule has 1 fully saturated rings. The van der Waals surface area contributed by atoms with E-state index in [-0.39, 0.29) is 29.3 Å². The van der Waals surface area contributed by atoms with Crippen LogP contribution in [0.3, 0.4) is 0 Å². The number of halogens is 1. The van der Waals surface area contributed by atoms with E-state index in [1.54, 1.807) is 0 Å². The summed E-state index contributed by atoms with van der Waals surface area (Å²) in [7, 11) is 1.51. The van der Waals surface area contributed by atoms with Crippen molar-refractivity contribution >= 4 is 17.5 Å². The standard InChI is InChI=1S/C16H18ClN5O3/c1-22-14(23)7-6-13(21-22)15(24)20-11-2-4-12(5-3-11)25-16-18-8-10(17)9-19-16/h6-9,11-12H,2-5H2,1H3,(H,20,24). The van der Waals surface area contributed by atoms with E-state index in [4.69, 9.17) is 16.3 Å². The highest BCUT2D eigenvalue weighted by Crippen LogP contribution is 2.22. The van der Waals surface area contributed by atoms with Crippen LogP contribution in [0.15, 0.2) is 29.3 Å². The van der Waals surface area contributed by atoms with Gasteiger partial charge in [0.25, 0.3) is 11.5 Å². The van der Waals surface area contributed by atoms with Crippen molar-refractivity contribution in [2.24, 2.45) is 7.05 Å². The molecule has 1 saturated carbocycles. The van der Waals surface area contributed by atoms with Crippen LogP contribution in [0, 0.1) is 0 Å². The van der Waals surface area contributed by atoms with Crippen molar-refractivity contribution in [2.75, 3.05) is 0 Å². The lowest BCUT2D eigenvalue weighted by Crippen LogP contribution is -2.40. The molecule has 2 heterocycles. The summed E-state index contributed by atoms with van der Waals surface area (Å²) < 4.78 is 6.88. The summed E-state index contributed by atoms with van der Waals surface area (Å²) in [5, 5.41) is 7.37. The highest BCUT2D eigenvalue weighted by molar-refractivity contribution is 6.30. The Hall–Kier alpha value is -2.48. The maximum absolute atomic E-state index is 12.2. The summed E-state index contributed by atoms with van der Waals surface area (Å²) in [6.45, 7) is 0. The minimum Gasteiger partial charge on any atom is -0.460 e. The molecule has 8 nitrogen and oxygen atoms in total. The molecule has 3 rings (SSSR count). The summed E-state index contributed by atoms with van der Waals surface area (Å²) in [6, 6.07) is 3.13. The average Bonchev–Trinajstić information content (AvgIpc) is 2.61. The Labute approximate surface area is 149 Å². The number of rotatable bonds is 4. The van der Waals surface area contributed by atoms with Gasteiger partial charge in [-0.15, -0.1) is 0 Å². The molecule has 0 spiro atoms. The third-order valence-electron chi connectivity index (χ3n) is 4.07. The Morgan fingerprint density at radius 1 is 1.24 bits per heavy atom. The van der Waals surface area contributed by atoms with Crippen molar-refractivity contribution in [3.63, 3.8) is 0 Å². The lowest BCUT2D eigenvalue weighted by molar-refractivity contribution is 0.0878. The second-order valence-electron chi connectivity index (χ2n) is 5.93. The molecule has 1 aliphatic rings. The first-order valence-electron chi connectivity index (χ1n) is 8.00. The van der Waals surface area contributed by atoms with E-state index < -0.39 is 0 Å². The van der Waals surface area contributed by atoms with Gasteiger partial charge in [0.15, 0.2) is 0 Å². The van der Waals surface area contributed by atoms with Crippen LogP contribution in [0.5, 0.6) is 6.01 Å². The molecule has 0 bridgehead atoms. The topological polar surface area (TPSA) is 99.0 Å². The maximum atomic E-state index is 12.2. The van der Waals surface area contributed by atoms with E-state index in [1.807, 2.05) is 0 Å². The van der Waals surface area contributed by atoms with Gasteiger partial charge in [0.05, 0.1) is 17.4 Å². The molecule has 2 aromatic heterocycles. The number of carbonyl (C=O) groups excluding carboxylic acids is 1. The van der Waals surface area contributed by atoms with Gasteiger partial charge in [0.1, 0.15) is 11.8 Å². The van der Waals surface area contributed by atoms with Crippen LogP contribution in [0.25, 0.3) is 0 Å². The highest BCUT2D eigenvalue weighted by atomic mass is 35.5. The molecule has 1 aliphatic carbocycles. The summed E-state index contributed by atoms with van der Waals surface area (Å²) in [4.78, 5) is 31.6. The fourth-order valence-electron chi connectivity index (χ4n) is 2.72. The molecule has 0 saturated heterocycles. The lowest BCUT2D eigenvalue weighted by atomic mass is 9.93. The molecule has 1 amide bonds. The van der Waals surface area contributed by atoms with Crippen molar-refractivity contribution in [3.05, 3.63) is 45.6 Å². The molecule has 1 N–H and O–H groups in total. The van der Waals surface area contributed by atoms with Crippen LogP contribution in [-0.2, 0) is 7.05 Å². The molecule has 0 radical (unpaired) electrons. The third kappa shape index (κ3) is 4.54. The van der Waals surface area contributed by atoms with Crippen molar-refractivity contribution in [1.82, 2.24) is 25.1 Å². The van der Waals surface area contributed by atoms with Crippen molar-refractivity contribution in [3.8, 4) is 6.01 Å². The van der Waals surface area contributed by atoms with E-state index in [9.17, 15) is 9.59 Å². The number of aryl methyl sites for hydroxylation is 1. The molecule has 25 heavy (non-hydrogen) atoms. The predicted octanol–water partition coefficient (Wildman–Crippen LogP) is 1.34. The second kappa shape index (κ2) is 7.60. The first-order valence-corrected chi connectivity index (χ1v) is 8.38. The van der Waals surface area contributed by atoms with Gasteiger partial charge in [-0.25, -0.2) is 14.6 Å². The van der Waals surface area contributed by atoms with Gasteiger partial charge in [-0.05, 0) is 31.7 Å². The summed E-state index contributed by atoms with van der Waals surface area (Å²) in [6.07, 6.45) is 6.16. The predicted molar refractivity (Wildman–Crippen MR) is 90.7 cm³/mol. The van der Waals surface area contributed by atoms with E-state index in [0.717, 1.165) is 30.4 Å². The number of hydrogen-bond acceptors (Lipinski definition) is 6. The van der Waals surface area contributed by atoms with Gasteiger partial charge in [-0.1, -0.05) is 11.6 Å². The summed E-state index contributed by atoms with van der Waals surface area (Å²) in [5.74, 6) is -0.277. The van der Waals surface area contributed by atoms with Crippen LogP contribution >= 0.6 is 11.6 Å². The molecule has 0 aliphatic heterocycles. The van der Waals surface area contributed by atoms with Gasteiger partial charge in [0.2, 0.25) is 0 Å². The molecule has 2 aromatic rings. The largest absolute Gasteiger partial charge is 0.460 e. The Bertz CT molecular complexity index is 800. The smallest absolute Gasteiger partial charge is 0.316 e. The zero-order valence-corrected chi connectivity index (χ0v) is 14.4. The molecule has 132 valence electrons. The van der Waals surface area contributed by atoms with Crippen molar-refractivity contribution in [1.29, 1.82) is 0 Å². The number of nitrogens with one attached hydrogen (secondary N) is 1. The number of carbonyl (C=O) groups is 1. The molecule has 9 heteroatoms. The van der Waals surface area contributed by atoms with Crippen LogP contribution in [0.1, 0.15) is 36.2 Å². The Morgan fingerprint density at radius 2 is 1.92 bits per heavy atom. The second-order valence-corrected chi connectivity index (χ2v) is 6.37. The van der Waals surface area contributed by atoms with E-state index in [1.165, 1.54) is 31.6 Å². The lowest BCUT2D eigenvalue weighted by Gasteiger charge is -2.28. The minimum absolute atomic E-state index is 0.0185. The van der Waals surface area contributed by atoms with Crippen LogP contribution < -0.4 is 15.6 Å². The van der Waals surface area contributed by atoms with E-state index in [0.29, 0.717) is 11.0 Å². The third-order valence-corrected chi connectivity index (χ3v) is 4.27.